The predicted octanol–water partition coefficient (Wildman–Crippen LogP) is 3.52. The van der Waals surface area contributed by atoms with Crippen LogP contribution < -0.4 is 5.43 Å². The third-order valence-electron chi connectivity index (χ3n) is 3.02. The summed E-state index contributed by atoms with van der Waals surface area (Å²) in [5, 5.41) is 4.02. The Balaban J connectivity index is 1.85. The molecule has 1 aromatic heterocycles. The van der Waals surface area contributed by atoms with Gasteiger partial charge in [-0.1, -0.05) is 30.3 Å². The summed E-state index contributed by atoms with van der Waals surface area (Å²) < 4.78 is 13.5. The lowest BCUT2D eigenvalue weighted by atomic mass is 10.2. The van der Waals surface area contributed by atoms with Gasteiger partial charge in [0.1, 0.15) is 5.82 Å². The van der Waals surface area contributed by atoms with Crippen LogP contribution in [-0.4, -0.2) is 16.2 Å². The van der Waals surface area contributed by atoms with Gasteiger partial charge >= 0.3 is 0 Å². The molecular formula is C16H13FN4. The molecule has 21 heavy (non-hydrogen) atoms. The van der Waals surface area contributed by atoms with Crippen LogP contribution >= 0.6 is 0 Å². The molecule has 0 amide bonds. The van der Waals surface area contributed by atoms with Crippen molar-refractivity contribution in [3.05, 3.63) is 65.6 Å². The van der Waals surface area contributed by atoms with Crippen molar-refractivity contribution in [2.24, 2.45) is 5.10 Å². The monoisotopic (exact) mass is 280 g/mol. The zero-order valence-electron chi connectivity index (χ0n) is 11.4. The Kier molecular flexibility index (Phi) is 3.55. The van der Waals surface area contributed by atoms with Crippen LogP contribution in [0.15, 0.2) is 53.6 Å². The predicted molar refractivity (Wildman–Crippen MR) is 81.9 cm³/mol. The fourth-order valence-corrected chi connectivity index (χ4v) is 1.94. The molecule has 0 fully saturated rings. The molecule has 0 aliphatic rings. The second kappa shape index (κ2) is 5.66. The van der Waals surface area contributed by atoms with Crippen molar-refractivity contribution < 1.29 is 4.39 Å². The van der Waals surface area contributed by atoms with E-state index >= 15 is 0 Å². The van der Waals surface area contributed by atoms with E-state index in [1.807, 2.05) is 31.2 Å². The Morgan fingerprint density at radius 1 is 1.00 bits per heavy atom. The number of benzene rings is 2. The first-order chi connectivity index (χ1) is 10.2. The quantitative estimate of drug-likeness (QED) is 0.590. The fraction of sp³-hybridized carbons (Fsp3) is 0.0625. The molecule has 0 saturated carbocycles. The SMILES string of the molecule is Cc1nc2ccccc2nc1N/N=C/c1ccccc1F. The number of hydrogen-bond acceptors (Lipinski definition) is 4. The second-order valence-corrected chi connectivity index (χ2v) is 4.54. The number of aromatic nitrogens is 2. The molecule has 0 radical (unpaired) electrons. The lowest BCUT2D eigenvalue weighted by Gasteiger charge is -2.05. The number of nitrogens with one attached hydrogen (secondary N) is 1. The molecule has 104 valence electrons. The normalized spacial score (nSPS) is 11.1. The van der Waals surface area contributed by atoms with E-state index in [2.05, 4.69) is 20.5 Å². The third kappa shape index (κ3) is 2.86. The molecule has 0 spiro atoms. The number of hydrazone groups is 1. The maximum atomic E-state index is 13.5. The first-order valence-corrected chi connectivity index (χ1v) is 6.51. The van der Waals surface area contributed by atoms with E-state index < -0.39 is 0 Å². The Morgan fingerprint density at radius 3 is 2.43 bits per heavy atom. The minimum absolute atomic E-state index is 0.315. The van der Waals surface area contributed by atoms with Gasteiger partial charge in [0, 0.05) is 5.56 Å². The molecule has 3 aromatic rings. The fourth-order valence-electron chi connectivity index (χ4n) is 1.94. The summed E-state index contributed by atoms with van der Waals surface area (Å²) in [5.41, 5.74) is 5.57. The van der Waals surface area contributed by atoms with E-state index in [-0.39, 0.29) is 5.82 Å². The first kappa shape index (κ1) is 13.2. The largest absolute Gasteiger partial charge is 0.260 e. The van der Waals surface area contributed by atoms with Crippen LogP contribution in [0.4, 0.5) is 10.2 Å². The van der Waals surface area contributed by atoms with Crippen LogP contribution in [0.3, 0.4) is 0 Å². The molecule has 1 heterocycles. The molecule has 1 N–H and O–H groups in total. The van der Waals surface area contributed by atoms with Crippen LogP contribution in [0.5, 0.6) is 0 Å². The number of hydrogen-bond donors (Lipinski definition) is 1. The molecule has 0 bridgehead atoms. The summed E-state index contributed by atoms with van der Waals surface area (Å²) in [6.07, 6.45) is 1.42. The van der Waals surface area contributed by atoms with Crippen LogP contribution in [-0.2, 0) is 0 Å². The standard InChI is InChI=1S/C16H13FN4/c1-11-16(20-15-9-5-4-8-14(15)19-11)21-18-10-12-6-2-3-7-13(12)17/h2-10H,1H3,(H,20,21)/b18-10+. The van der Waals surface area contributed by atoms with E-state index in [1.54, 1.807) is 18.2 Å². The van der Waals surface area contributed by atoms with Crippen molar-refractivity contribution in [3.63, 3.8) is 0 Å². The van der Waals surface area contributed by atoms with E-state index in [0.717, 1.165) is 16.7 Å². The minimum Gasteiger partial charge on any atom is -0.260 e. The van der Waals surface area contributed by atoms with Crippen molar-refractivity contribution in [2.75, 3.05) is 5.43 Å². The van der Waals surface area contributed by atoms with Crippen molar-refractivity contribution in [2.45, 2.75) is 6.92 Å². The van der Waals surface area contributed by atoms with E-state index in [1.165, 1.54) is 12.3 Å². The van der Waals surface area contributed by atoms with Crippen molar-refractivity contribution in [1.82, 2.24) is 9.97 Å². The zero-order chi connectivity index (χ0) is 14.7. The van der Waals surface area contributed by atoms with Gasteiger partial charge in [0.05, 0.1) is 22.9 Å². The topological polar surface area (TPSA) is 50.2 Å². The molecule has 3 rings (SSSR count). The van der Waals surface area contributed by atoms with Gasteiger partial charge in [-0.3, -0.25) is 5.43 Å². The van der Waals surface area contributed by atoms with Gasteiger partial charge in [-0.05, 0) is 25.1 Å². The molecular weight excluding hydrogens is 267 g/mol. The van der Waals surface area contributed by atoms with Gasteiger partial charge in [-0.2, -0.15) is 5.10 Å². The average Bonchev–Trinajstić information content (AvgIpc) is 2.49. The maximum absolute atomic E-state index is 13.5. The number of anilines is 1. The molecule has 0 aliphatic carbocycles. The van der Waals surface area contributed by atoms with Crippen molar-refractivity contribution in [3.8, 4) is 0 Å². The number of nitrogens with zero attached hydrogens (tertiary/aromatic N) is 3. The van der Waals surface area contributed by atoms with E-state index in [0.29, 0.717) is 11.4 Å². The summed E-state index contributed by atoms with van der Waals surface area (Å²) in [7, 11) is 0. The van der Waals surface area contributed by atoms with Crippen LogP contribution in [0.2, 0.25) is 0 Å². The average molecular weight is 280 g/mol. The summed E-state index contributed by atoms with van der Waals surface area (Å²) in [4.78, 5) is 8.89. The Bertz CT molecular complexity index is 814. The Morgan fingerprint density at radius 2 is 1.67 bits per heavy atom. The highest BCUT2D eigenvalue weighted by atomic mass is 19.1. The number of para-hydroxylation sites is 2. The third-order valence-corrected chi connectivity index (χ3v) is 3.02. The molecule has 2 aromatic carbocycles. The molecule has 0 aliphatic heterocycles. The van der Waals surface area contributed by atoms with Gasteiger partial charge in [-0.15, -0.1) is 0 Å². The van der Waals surface area contributed by atoms with Gasteiger partial charge < -0.3 is 0 Å². The summed E-state index contributed by atoms with van der Waals surface area (Å²) in [6, 6.07) is 14.0. The molecule has 0 saturated heterocycles. The number of fused-ring (bicyclic) bond motifs is 1. The zero-order valence-corrected chi connectivity index (χ0v) is 11.4. The molecule has 0 unspecified atom stereocenters. The van der Waals surface area contributed by atoms with E-state index in [4.69, 9.17) is 0 Å². The lowest BCUT2D eigenvalue weighted by Crippen LogP contribution is -2.00. The van der Waals surface area contributed by atoms with Crippen LogP contribution in [0.25, 0.3) is 11.0 Å². The Labute approximate surface area is 121 Å². The number of aryl methyl sites for hydroxylation is 1. The summed E-state index contributed by atoms with van der Waals surface area (Å²) in [5.74, 6) is 0.241. The van der Waals surface area contributed by atoms with Gasteiger partial charge in [0.2, 0.25) is 0 Å². The number of rotatable bonds is 3. The lowest BCUT2D eigenvalue weighted by molar-refractivity contribution is 0.626. The highest BCUT2D eigenvalue weighted by Gasteiger charge is 2.03. The molecule has 5 heteroatoms. The second-order valence-electron chi connectivity index (χ2n) is 4.54. The maximum Gasteiger partial charge on any atom is 0.168 e. The van der Waals surface area contributed by atoms with E-state index in [9.17, 15) is 4.39 Å². The van der Waals surface area contributed by atoms with Crippen LogP contribution in [0, 0.1) is 12.7 Å². The highest BCUT2D eigenvalue weighted by Crippen LogP contribution is 2.15. The number of halogens is 1. The highest BCUT2D eigenvalue weighted by molar-refractivity contribution is 5.81. The van der Waals surface area contributed by atoms with Crippen LogP contribution in [0.1, 0.15) is 11.3 Å². The first-order valence-electron chi connectivity index (χ1n) is 6.51. The summed E-state index contributed by atoms with van der Waals surface area (Å²) >= 11 is 0. The van der Waals surface area contributed by atoms with Crippen molar-refractivity contribution >= 4 is 23.1 Å². The Hall–Kier alpha value is -2.82. The summed E-state index contributed by atoms with van der Waals surface area (Å²) in [6.45, 7) is 1.85. The van der Waals surface area contributed by atoms with Gasteiger partial charge in [0.15, 0.2) is 5.82 Å². The molecule has 0 atom stereocenters. The van der Waals surface area contributed by atoms with Gasteiger partial charge in [-0.25, -0.2) is 14.4 Å². The smallest absolute Gasteiger partial charge is 0.168 e. The van der Waals surface area contributed by atoms with Crippen molar-refractivity contribution in [1.29, 1.82) is 0 Å². The minimum atomic E-state index is -0.315. The van der Waals surface area contributed by atoms with Gasteiger partial charge in [0.25, 0.3) is 0 Å². The molecule has 4 nitrogen and oxygen atoms in total.